The van der Waals surface area contributed by atoms with Crippen LogP contribution < -0.4 is 4.90 Å². The fourth-order valence-corrected chi connectivity index (χ4v) is 4.87. The zero-order valence-electron chi connectivity index (χ0n) is 13.7. The predicted octanol–water partition coefficient (Wildman–Crippen LogP) is 2.20. The van der Waals surface area contributed by atoms with E-state index in [2.05, 4.69) is 0 Å². The van der Waals surface area contributed by atoms with Crippen molar-refractivity contribution in [1.29, 1.82) is 0 Å². The number of allylic oxidation sites excluding steroid dienone is 2. The summed E-state index contributed by atoms with van der Waals surface area (Å²) in [6, 6.07) is 7.32. The van der Waals surface area contributed by atoms with E-state index >= 15 is 0 Å². The van der Waals surface area contributed by atoms with Crippen LogP contribution in [0.1, 0.15) is 25.8 Å². The van der Waals surface area contributed by atoms with Gasteiger partial charge in [0.2, 0.25) is 11.8 Å². The second-order valence-electron chi connectivity index (χ2n) is 6.67. The number of esters is 1. The van der Waals surface area contributed by atoms with Gasteiger partial charge in [0.15, 0.2) is 0 Å². The predicted molar refractivity (Wildman–Crippen MR) is 87.1 cm³/mol. The van der Waals surface area contributed by atoms with E-state index in [1.165, 1.54) is 11.8 Å². The lowest BCUT2D eigenvalue weighted by Crippen LogP contribution is -2.52. The Bertz CT molecular complexity index is 783. The van der Waals surface area contributed by atoms with Crippen LogP contribution in [0.4, 0.5) is 5.69 Å². The van der Waals surface area contributed by atoms with Crippen LogP contribution in [-0.4, -0.2) is 24.4 Å². The summed E-state index contributed by atoms with van der Waals surface area (Å²) in [7, 11) is 0. The summed E-state index contributed by atoms with van der Waals surface area (Å²) < 4.78 is 5.30. The number of para-hydroxylation sites is 1. The maximum atomic E-state index is 13.4. The molecule has 1 heterocycles. The molecule has 5 heteroatoms. The Morgan fingerprint density at radius 1 is 1.29 bits per heavy atom. The molecular formula is C19H19NO4. The summed E-state index contributed by atoms with van der Waals surface area (Å²) in [5, 5.41) is 0. The van der Waals surface area contributed by atoms with Crippen molar-refractivity contribution in [2.24, 2.45) is 17.8 Å². The topological polar surface area (TPSA) is 63.7 Å². The van der Waals surface area contributed by atoms with Gasteiger partial charge in [0.1, 0.15) is 0 Å². The molecule has 0 radical (unpaired) electrons. The van der Waals surface area contributed by atoms with E-state index in [1.54, 1.807) is 13.0 Å². The molecule has 2 bridgehead atoms. The summed E-state index contributed by atoms with van der Waals surface area (Å²) in [5.74, 6) is -1.61. The van der Waals surface area contributed by atoms with Gasteiger partial charge in [0, 0.05) is 6.92 Å². The molecule has 1 aromatic rings. The first-order valence-electron chi connectivity index (χ1n) is 8.33. The highest BCUT2D eigenvalue weighted by atomic mass is 16.5. The number of amides is 2. The van der Waals surface area contributed by atoms with Crippen molar-refractivity contribution in [1.82, 2.24) is 0 Å². The van der Waals surface area contributed by atoms with Gasteiger partial charge in [-0.25, -0.2) is 4.90 Å². The van der Waals surface area contributed by atoms with Crippen molar-refractivity contribution in [2.45, 2.75) is 25.7 Å². The zero-order chi connectivity index (χ0) is 17.1. The average Bonchev–Trinajstić information content (AvgIpc) is 3.20. The third-order valence-electron chi connectivity index (χ3n) is 5.62. The Morgan fingerprint density at radius 2 is 2.04 bits per heavy atom. The van der Waals surface area contributed by atoms with Gasteiger partial charge >= 0.3 is 5.97 Å². The molecule has 1 spiro atoms. The van der Waals surface area contributed by atoms with Crippen LogP contribution in [0.3, 0.4) is 0 Å². The van der Waals surface area contributed by atoms with E-state index in [9.17, 15) is 14.4 Å². The van der Waals surface area contributed by atoms with Crippen LogP contribution in [-0.2, 0) is 24.5 Å². The molecule has 0 saturated heterocycles. The van der Waals surface area contributed by atoms with E-state index < -0.39 is 11.3 Å². The van der Waals surface area contributed by atoms with Crippen molar-refractivity contribution in [2.75, 3.05) is 11.5 Å². The number of hydrogen-bond acceptors (Lipinski definition) is 4. The number of imide groups is 1. The summed E-state index contributed by atoms with van der Waals surface area (Å²) >= 11 is 0. The smallest absolute Gasteiger partial charge is 0.310 e. The molecule has 1 saturated carbocycles. The Labute approximate surface area is 140 Å². The summed E-state index contributed by atoms with van der Waals surface area (Å²) in [4.78, 5) is 39.5. The van der Waals surface area contributed by atoms with Crippen LogP contribution in [0, 0.1) is 17.8 Å². The van der Waals surface area contributed by atoms with E-state index in [0.29, 0.717) is 5.69 Å². The van der Waals surface area contributed by atoms with Crippen molar-refractivity contribution < 1.29 is 19.1 Å². The highest BCUT2D eigenvalue weighted by Crippen LogP contribution is 2.62. The first-order valence-corrected chi connectivity index (χ1v) is 8.33. The standard InChI is InChI=1S/C19H19NO4/c1-3-24-17(22)16-12-8-9-13(10-12)19(16)14-6-4-5-7-15(14)20(11(2)21)18(19)23/h4-9,12-13,16H,3,10H2,1-2H3/t12-,13+,16+,19+/m1/s1. The Hall–Kier alpha value is -2.43. The monoisotopic (exact) mass is 325 g/mol. The SMILES string of the molecule is CCOC(=O)[C@@H]1[C@@H]2C=C[C@@H](C2)[C@@]12C(=O)N(C(C)=O)c1ccccc12. The van der Waals surface area contributed by atoms with E-state index in [1.807, 2.05) is 30.4 Å². The minimum atomic E-state index is -1.01. The average molecular weight is 325 g/mol. The van der Waals surface area contributed by atoms with Crippen molar-refractivity contribution in [3.8, 4) is 0 Å². The van der Waals surface area contributed by atoms with Gasteiger partial charge in [0.05, 0.1) is 23.6 Å². The van der Waals surface area contributed by atoms with Crippen LogP contribution in [0.25, 0.3) is 0 Å². The second-order valence-corrected chi connectivity index (χ2v) is 6.67. The first kappa shape index (κ1) is 15.1. The third-order valence-corrected chi connectivity index (χ3v) is 5.62. The van der Waals surface area contributed by atoms with Crippen LogP contribution >= 0.6 is 0 Å². The molecule has 2 amide bonds. The minimum Gasteiger partial charge on any atom is -0.466 e. The van der Waals surface area contributed by atoms with Crippen molar-refractivity contribution >= 4 is 23.5 Å². The number of carbonyl (C=O) groups excluding carboxylic acids is 3. The van der Waals surface area contributed by atoms with Gasteiger partial charge in [-0.1, -0.05) is 30.4 Å². The van der Waals surface area contributed by atoms with Gasteiger partial charge in [-0.3, -0.25) is 14.4 Å². The summed E-state index contributed by atoms with van der Waals surface area (Å²) in [5.41, 5.74) is 0.374. The lowest BCUT2D eigenvalue weighted by atomic mass is 9.65. The zero-order valence-corrected chi connectivity index (χ0v) is 13.7. The number of anilines is 1. The molecule has 0 unspecified atom stereocenters. The lowest BCUT2D eigenvalue weighted by molar-refractivity contribution is -0.154. The molecule has 1 aromatic carbocycles. The molecule has 1 fully saturated rings. The van der Waals surface area contributed by atoms with Gasteiger partial charge in [0.25, 0.3) is 0 Å². The quantitative estimate of drug-likeness (QED) is 0.618. The van der Waals surface area contributed by atoms with Crippen molar-refractivity contribution in [3.63, 3.8) is 0 Å². The molecule has 5 nitrogen and oxygen atoms in total. The molecule has 4 atom stereocenters. The molecule has 3 aliphatic rings. The van der Waals surface area contributed by atoms with Gasteiger partial charge in [-0.2, -0.15) is 0 Å². The van der Waals surface area contributed by atoms with E-state index in [0.717, 1.165) is 12.0 Å². The lowest BCUT2D eigenvalue weighted by Gasteiger charge is -2.36. The first-order chi connectivity index (χ1) is 11.5. The fourth-order valence-electron chi connectivity index (χ4n) is 4.87. The second kappa shape index (κ2) is 5.03. The van der Waals surface area contributed by atoms with Gasteiger partial charge in [-0.15, -0.1) is 0 Å². The van der Waals surface area contributed by atoms with Gasteiger partial charge in [-0.05, 0) is 36.8 Å². The summed E-state index contributed by atoms with van der Waals surface area (Å²) in [6.07, 6.45) is 4.79. The van der Waals surface area contributed by atoms with Crippen LogP contribution in [0.15, 0.2) is 36.4 Å². The molecule has 124 valence electrons. The number of ether oxygens (including phenoxy) is 1. The number of fused-ring (bicyclic) bond motifs is 5. The Morgan fingerprint density at radius 3 is 2.75 bits per heavy atom. The maximum Gasteiger partial charge on any atom is 0.310 e. The number of benzene rings is 1. The highest BCUT2D eigenvalue weighted by Gasteiger charge is 2.69. The molecular weight excluding hydrogens is 306 g/mol. The molecule has 24 heavy (non-hydrogen) atoms. The number of hydrogen-bond donors (Lipinski definition) is 0. The molecule has 0 N–H and O–H groups in total. The van der Waals surface area contributed by atoms with Crippen LogP contribution in [0.2, 0.25) is 0 Å². The van der Waals surface area contributed by atoms with E-state index in [-0.39, 0.29) is 36.2 Å². The largest absolute Gasteiger partial charge is 0.466 e. The molecule has 0 aromatic heterocycles. The minimum absolute atomic E-state index is 0.0158. The number of carbonyl (C=O) groups is 3. The maximum absolute atomic E-state index is 13.4. The summed E-state index contributed by atoms with van der Waals surface area (Å²) in [6.45, 7) is 3.43. The highest BCUT2D eigenvalue weighted by molar-refractivity contribution is 6.23. The number of rotatable bonds is 2. The van der Waals surface area contributed by atoms with Crippen molar-refractivity contribution in [3.05, 3.63) is 42.0 Å². The third kappa shape index (κ3) is 1.62. The normalized spacial score (nSPS) is 32.5. The Balaban J connectivity index is 1.95. The Kier molecular flexibility index (Phi) is 3.17. The van der Waals surface area contributed by atoms with Gasteiger partial charge < -0.3 is 4.74 Å². The molecule has 4 rings (SSSR count). The molecule has 2 aliphatic carbocycles. The molecule has 1 aliphatic heterocycles. The number of nitrogens with zero attached hydrogens (tertiary/aromatic N) is 1. The van der Waals surface area contributed by atoms with Crippen LogP contribution in [0.5, 0.6) is 0 Å². The van der Waals surface area contributed by atoms with E-state index in [4.69, 9.17) is 4.74 Å². The fraction of sp³-hybridized carbons (Fsp3) is 0.421.